The molecule has 2 saturated heterocycles. The Bertz CT molecular complexity index is 399. The van der Waals surface area contributed by atoms with Crippen molar-refractivity contribution in [2.75, 3.05) is 26.2 Å². The molecule has 2 heteroatoms. The van der Waals surface area contributed by atoms with E-state index in [4.69, 9.17) is 0 Å². The number of hydrogen-bond acceptors (Lipinski definition) is 2. The highest BCUT2D eigenvalue weighted by Crippen LogP contribution is 2.47. The lowest BCUT2D eigenvalue weighted by molar-refractivity contribution is -0.0916. The van der Waals surface area contributed by atoms with Crippen molar-refractivity contribution in [3.05, 3.63) is 0 Å². The van der Waals surface area contributed by atoms with Gasteiger partial charge in [0.25, 0.3) is 0 Å². The molecule has 3 fully saturated rings. The molecular weight excluding hydrogens is 280 g/mol. The van der Waals surface area contributed by atoms with Gasteiger partial charge in [-0.15, -0.1) is 0 Å². The minimum Gasteiger partial charge on any atom is -0.300 e. The highest BCUT2D eigenvalue weighted by Gasteiger charge is 2.48. The molecule has 2 nitrogen and oxygen atoms in total. The summed E-state index contributed by atoms with van der Waals surface area (Å²) >= 11 is 0. The summed E-state index contributed by atoms with van der Waals surface area (Å²) in [6.07, 6.45) is 8.71. The van der Waals surface area contributed by atoms with Crippen LogP contribution in [0, 0.1) is 16.7 Å². The lowest BCUT2D eigenvalue weighted by Gasteiger charge is -2.59. The fourth-order valence-corrected chi connectivity index (χ4v) is 5.18. The van der Waals surface area contributed by atoms with Crippen molar-refractivity contribution in [1.29, 1.82) is 0 Å². The lowest BCUT2D eigenvalue weighted by Crippen LogP contribution is -2.64. The summed E-state index contributed by atoms with van der Waals surface area (Å²) in [6.45, 7) is 19.8. The first kappa shape index (κ1) is 17.7. The SMILES string of the molecule is CC(C)(C)C1CCCN(C2CCC3(CC2)CN(C(C)(C)C)C3)C1. The van der Waals surface area contributed by atoms with Crippen LogP contribution in [0.4, 0.5) is 0 Å². The molecule has 0 radical (unpaired) electrons. The maximum atomic E-state index is 2.87. The summed E-state index contributed by atoms with van der Waals surface area (Å²) in [5, 5.41) is 0. The van der Waals surface area contributed by atoms with E-state index in [0.29, 0.717) is 16.4 Å². The van der Waals surface area contributed by atoms with Gasteiger partial charge >= 0.3 is 0 Å². The Labute approximate surface area is 145 Å². The molecule has 0 aromatic carbocycles. The van der Waals surface area contributed by atoms with Gasteiger partial charge in [-0.05, 0) is 82.6 Å². The monoisotopic (exact) mass is 320 g/mol. The maximum absolute atomic E-state index is 2.87. The molecule has 0 amide bonds. The Hall–Kier alpha value is -0.0800. The van der Waals surface area contributed by atoms with Crippen molar-refractivity contribution in [2.45, 2.75) is 91.6 Å². The smallest absolute Gasteiger partial charge is 0.0125 e. The third kappa shape index (κ3) is 3.79. The molecular formula is C21H40N2. The normalized spacial score (nSPS) is 31.3. The van der Waals surface area contributed by atoms with Gasteiger partial charge < -0.3 is 4.90 Å². The molecule has 23 heavy (non-hydrogen) atoms. The van der Waals surface area contributed by atoms with Gasteiger partial charge in [0.1, 0.15) is 0 Å². The number of rotatable bonds is 1. The maximum Gasteiger partial charge on any atom is 0.0125 e. The highest BCUT2D eigenvalue weighted by atomic mass is 15.3. The minimum absolute atomic E-state index is 0.370. The largest absolute Gasteiger partial charge is 0.300 e. The molecule has 3 aliphatic rings. The second kappa shape index (κ2) is 6.02. The van der Waals surface area contributed by atoms with E-state index >= 15 is 0 Å². The van der Waals surface area contributed by atoms with Gasteiger partial charge in [-0.25, -0.2) is 0 Å². The summed E-state index contributed by atoms with van der Waals surface area (Å²) in [6, 6.07) is 0.884. The Morgan fingerprint density at radius 2 is 1.48 bits per heavy atom. The topological polar surface area (TPSA) is 6.48 Å². The summed E-state index contributed by atoms with van der Waals surface area (Å²) < 4.78 is 0. The second-order valence-corrected chi connectivity index (χ2v) is 11.0. The first-order valence-electron chi connectivity index (χ1n) is 10.1. The van der Waals surface area contributed by atoms with E-state index in [1.807, 2.05) is 0 Å². The van der Waals surface area contributed by atoms with Gasteiger partial charge in [0, 0.05) is 31.2 Å². The second-order valence-electron chi connectivity index (χ2n) is 11.0. The van der Waals surface area contributed by atoms with Gasteiger partial charge in [0.2, 0.25) is 0 Å². The number of piperidine rings is 1. The molecule has 0 aromatic heterocycles. The van der Waals surface area contributed by atoms with Gasteiger partial charge in [0.05, 0.1) is 0 Å². The third-order valence-corrected chi connectivity index (χ3v) is 7.21. The van der Waals surface area contributed by atoms with Crippen LogP contribution < -0.4 is 0 Å². The Morgan fingerprint density at radius 1 is 0.870 bits per heavy atom. The standard InChI is InChI=1S/C21H40N2/c1-19(2,3)17-8-7-13-22(14-17)18-9-11-21(12-10-18)15-23(16-21)20(4,5)6/h17-18H,7-16H2,1-6H3. The molecule has 1 spiro atoms. The molecule has 134 valence electrons. The van der Waals surface area contributed by atoms with E-state index in [0.717, 1.165) is 12.0 Å². The van der Waals surface area contributed by atoms with Crippen molar-refractivity contribution < 1.29 is 0 Å². The quantitative estimate of drug-likeness (QED) is 0.685. The van der Waals surface area contributed by atoms with Crippen LogP contribution in [0.3, 0.4) is 0 Å². The summed E-state index contributed by atoms with van der Waals surface area (Å²) in [7, 11) is 0. The number of likely N-dealkylation sites (tertiary alicyclic amines) is 2. The molecule has 1 aliphatic carbocycles. The molecule has 1 atom stereocenters. The highest BCUT2D eigenvalue weighted by molar-refractivity contribution is 5.03. The van der Waals surface area contributed by atoms with Crippen LogP contribution in [-0.4, -0.2) is 47.6 Å². The van der Waals surface area contributed by atoms with Crippen LogP contribution in [0.2, 0.25) is 0 Å². The Balaban J connectivity index is 1.50. The van der Waals surface area contributed by atoms with Crippen molar-refractivity contribution in [2.24, 2.45) is 16.7 Å². The van der Waals surface area contributed by atoms with E-state index in [2.05, 4.69) is 51.3 Å². The molecule has 2 aliphatic heterocycles. The molecule has 0 aromatic rings. The zero-order chi connectivity index (χ0) is 16.9. The third-order valence-electron chi connectivity index (χ3n) is 7.21. The predicted octanol–water partition coefficient (Wildman–Crippen LogP) is 4.79. The minimum atomic E-state index is 0.370. The van der Waals surface area contributed by atoms with Crippen molar-refractivity contribution in [1.82, 2.24) is 9.80 Å². The van der Waals surface area contributed by atoms with Gasteiger partial charge in [-0.2, -0.15) is 0 Å². The van der Waals surface area contributed by atoms with E-state index in [1.54, 1.807) is 0 Å². The van der Waals surface area contributed by atoms with Crippen LogP contribution in [0.25, 0.3) is 0 Å². The molecule has 2 heterocycles. The molecule has 1 unspecified atom stereocenters. The summed E-state index contributed by atoms with van der Waals surface area (Å²) in [5.74, 6) is 0.896. The van der Waals surface area contributed by atoms with Crippen molar-refractivity contribution in [3.63, 3.8) is 0 Å². The van der Waals surface area contributed by atoms with Gasteiger partial charge in [0.15, 0.2) is 0 Å². The fourth-order valence-electron chi connectivity index (χ4n) is 5.18. The van der Waals surface area contributed by atoms with Crippen LogP contribution in [0.5, 0.6) is 0 Å². The average Bonchev–Trinajstić information content (AvgIpc) is 2.43. The van der Waals surface area contributed by atoms with Crippen LogP contribution >= 0.6 is 0 Å². The van der Waals surface area contributed by atoms with Crippen molar-refractivity contribution >= 4 is 0 Å². The first-order valence-corrected chi connectivity index (χ1v) is 10.1. The van der Waals surface area contributed by atoms with E-state index in [-0.39, 0.29) is 0 Å². The Morgan fingerprint density at radius 3 is 2.00 bits per heavy atom. The first-order chi connectivity index (χ1) is 10.6. The fraction of sp³-hybridized carbons (Fsp3) is 1.00. The van der Waals surface area contributed by atoms with Gasteiger partial charge in [-0.3, -0.25) is 4.90 Å². The summed E-state index contributed by atoms with van der Waals surface area (Å²) in [5.41, 5.74) is 1.54. The number of hydrogen-bond donors (Lipinski definition) is 0. The van der Waals surface area contributed by atoms with E-state index in [1.165, 1.54) is 64.7 Å². The van der Waals surface area contributed by atoms with Crippen molar-refractivity contribution in [3.8, 4) is 0 Å². The molecule has 0 bridgehead atoms. The van der Waals surface area contributed by atoms with Crippen LogP contribution in [0.15, 0.2) is 0 Å². The van der Waals surface area contributed by atoms with E-state index < -0.39 is 0 Å². The van der Waals surface area contributed by atoms with Crippen LogP contribution in [-0.2, 0) is 0 Å². The number of nitrogens with zero attached hydrogens (tertiary/aromatic N) is 2. The molecule has 1 saturated carbocycles. The zero-order valence-corrected chi connectivity index (χ0v) is 16.6. The average molecular weight is 321 g/mol. The molecule has 3 rings (SSSR count). The lowest BCUT2D eigenvalue weighted by atomic mass is 9.65. The Kier molecular flexibility index (Phi) is 4.64. The zero-order valence-electron chi connectivity index (χ0n) is 16.6. The van der Waals surface area contributed by atoms with E-state index in [9.17, 15) is 0 Å². The molecule has 0 N–H and O–H groups in total. The predicted molar refractivity (Wildman–Crippen MR) is 99.8 cm³/mol. The summed E-state index contributed by atoms with van der Waals surface area (Å²) in [4.78, 5) is 5.55. The van der Waals surface area contributed by atoms with Gasteiger partial charge in [-0.1, -0.05) is 20.8 Å². The van der Waals surface area contributed by atoms with Crippen LogP contribution in [0.1, 0.15) is 80.1 Å².